The summed E-state index contributed by atoms with van der Waals surface area (Å²) in [6.07, 6.45) is 8.19. The van der Waals surface area contributed by atoms with Crippen LogP contribution in [0.3, 0.4) is 0 Å². The zero-order valence-electron chi connectivity index (χ0n) is 18.6. The maximum Gasteiger partial charge on any atom is 0.170 e. The summed E-state index contributed by atoms with van der Waals surface area (Å²) < 4.78 is 3.45. The standard InChI is InChI=1S/C26H29BrN4S/c1-17-16-22(18(2)30(17)21-13-11-19(27)12-14-21)25-24(23-10-6-7-15-28-23)29-26(32)31(25)20-8-4-3-5-9-20/h6-7,10-16,20,24-25H,3-5,8-9H2,1-2H3,(H,29,32)/t24-,25-/m1/s1. The molecule has 4 nitrogen and oxygen atoms in total. The number of hydrogen-bond donors (Lipinski definition) is 1. The lowest BCUT2D eigenvalue weighted by molar-refractivity contribution is 0.197. The molecule has 1 aromatic carbocycles. The third-order valence-corrected chi connectivity index (χ3v) is 7.83. The van der Waals surface area contributed by atoms with Gasteiger partial charge in [-0.05, 0) is 86.9 Å². The number of nitrogens with zero attached hydrogens (tertiary/aromatic N) is 3. The van der Waals surface area contributed by atoms with Crippen LogP contribution in [-0.4, -0.2) is 25.6 Å². The molecule has 1 N–H and O–H groups in total. The third-order valence-electron chi connectivity index (χ3n) is 6.98. The number of halogens is 1. The van der Waals surface area contributed by atoms with Gasteiger partial charge in [-0.2, -0.15) is 0 Å². The zero-order valence-corrected chi connectivity index (χ0v) is 21.0. The number of nitrogens with one attached hydrogen (secondary N) is 1. The molecular formula is C26H29BrN4S. The Labute approximate surface area is 204 Å². The van der Waals surface area contributed by atoms with Gasteiger partial charge < -0.3 is 14.8 Å². The second-order valence-electron chi connectivity index (χ2n) is 8.96. The Balaban J connectivity index is 1.62. The Bertz CT molecular complexity index is 1100. The molecule has 1 aliphatic carbocycles. The molecule has 2 aliphatic rings. The molecule has 1 saturated carbocycles. The van der Waals surface area contributed by atoms with E-state index in [2.05, 4.69) is 87.0 Å². The van der Waals surface area contributed by atoms with E-state index in [0.717, 1.165) is 15.3 Å². The molecule has 0 amide bonds. The van der Waals surface area contributed by atoms with Gasteiger partial charge in [0, 0.05) is 33.8 Å². The molecule has 6 heteroatoms. The lowest BCUT2D eigenvalue weighted by Gasteiger charge is -2.37. The van der Waals surface area contributed by atoms with Crippen LogP contribution in [0.5, 0.6) is 0 Å². The molecule has 166 valence electrons. The van der Waals surface area contributed by atoms with Crippen molar-refractivity contribution in [2.45, 2.75) is 64.1 Å². The van der Waals surface area contributed by atoms with Crippen LogP contribution in [0.25, 0.3) is 5.69 Å². The van der Waals surface area contributed by atoms with Crippen molar-refractivity contribution in [3.05, 3.63) is 81.8 Å². The van der Waals surface area contributed by atoms with Gasteiger partial charge in [0.15, 0.2) is 5.11 Å². The van der Waals surface area contributed by atoms with E-state index in [1.807, 2.05) is 12.3 Å². The van der Waals surface area contributed by atoms with Crippen LogP contribution in [-0.2, 0) is 0 Å². The molecule has 3 heterocycles. The largest absolute Gasteiger partial charge is 0.352 e. The maximum absolute atomic E-state index is 5.94. The Morgan fingerprint density at radius 1 is 1.03 bits per heavy atom. The van der Waals surface area contributed by atoms with E-state index >= 15 is 0 Å². The molecule has 2 fully saturated rings. The van der Waals surface area contributed by atoms with Crippen molar-refractivity contribution >= 4 is 33.3 Å². The van der Waals surface area contributed by atoms with Crippen molar-refractivity contribution in [2.75, 3.05) is 0 Å². The molecule has 5 rings (SSSR count). The fraction of sp³-hybridized carbons (Fsp3) is 0.385. The SMILES string of the molecule is Cc1cc([C@@H]2[C@@H](c3ccccn3)NC(=S)N2C2CCCCC2)c(C)n1-c1ccc(Br)cc1. The average molecular weight is 510 g/mol. The second-order valence-corrected chi connectivity index (χ2v) is 10.3. The van der Waals surface area contributed by atoms with Crippen molar-refractivity contribution in [1.29, 1.82) is 0 Å². The molecule has 1 aliphatic heterocycles. The van der Waals surface area contributed by atoms with E-state index in [0.29, 0.717) is 6.04 Å². The number of hydrogen-bond acceptors (Lipinski definition) is 2. The number of thiocarbonyl (C=S) groups is 1. The van der Waals surface area contributed by atoms with E-state index in [9.17, 15) is 0 Å². The Hall–Kier alpha value is -2.18. The number of rotatable bonds is 4. The monoisotopic (exact) mass is 508 g/mol. The number of aryl methyl sites for hydroxylation is 1. The molecule has 2 atom stereocenters. The molecular weight excluding hydrogens is 480 g/mol. The minimum atomic E-state index is 0.0458. The summed E-state index contributed by atoms with van der Waals surface area (Å²) in [5.74, 6) is 0. The Kier molecular flexibility index (Phi) is 6.08. The van der Waals surface area contributed by atoms with Crippen molar-refractivity contribution in [2.24, 2.45) is 0 Å². The molecule has 0 bridgehead atoms. The summed E-state index contributed by atoms with van der Waals surface area (Å²) in [5.41, 5.74) is 6.07. The smallest absolute Gasteiger partial charge is 0.170 e. The number of aromatic nitrogens is 2. The highest BCUT2D eigenvalue weighted by atomic mass is 79.9. The lowest BCUT2D eigenvalue weighted by Crippen LogP contribution is -2.40. The van der Waals surface area contributed by atoms with Crippen LogP contribution >= 0.6 is 28.1 Å². The van der Waals surface area contributed by atoms with E-state index in [-0.39, 0.29) is 12.1 Å². The molecule has 32 heavy (non-hydrogen) atoms. The van der Waals surface area contributed by atoms with Crippen molar-refractivity contribution in [1.82, 2.24) is 19.8 Å². The highest BCUT2D eigenvalue weighted by molar-refractivity contribution is 9.10. The molecule has 0 spiro atoms. The second kappa shape index (κ2) is 8.99. The van der Waals surface area contributed by atoms with Crippen LogP contribution in [0, 0.1) is 13.8 Å². The summed E-state index contributed by atoms with van der Waals surface area (Å²) in [7, 11) is 0. The highest BCUT2D eigenvalue weighted by Crippen LogP contribution is 2.44. The van der Waals surface area contributed by atoms with Gasteiger partial charge in [0.2, 0.25) is 0 Å². The van der Waals surface area contributed by atoms with E-state index in [4.69, 9.17) is 17.2 Å². The molecule has 2 aromatic heterocycles. The van der Waals surface area contributed by atoms with Crippen molar-refractivity contribution in [3.63, 3.8) is 0 Å². The van der Waals surface area contributed by atoms with Crippen LogP contribution in [0.2, 0.25) is 0 Å². The van der Waals surface area contributed by atoms with Crippen LogP contribution in [0.15, 0.2) is 59.2 Å². The van der Waals surface area contributed by atoms with Crippen LogP contribution in [0.1, 0.15) is 66.8 Å². The normalized spacial score (nSPS) is 21.7. The first kappa shape index (κ1) is 21.7. The molecule has 1 saturated heterocycles. The van der Waals surface area contributed by atoms with Gasteiger partial charge in [0.25, 0.3) is 0 Å². The fourth-order valence-electron chi connectivity index (χ4n) is 5.53. The highest BCUT2D eigenvalue weighted by Gasteiger charge is 2.44. The number of pyridine rings is 1. The summed E-state index contributed by atoms with van der Waals surface area (Å²) in [4.78, 5) is 7.22. The van der Waals surface area contributed by atoms with E-state index in [1.165, 1.54) is 54.7 Å². The van der Waals surface area contributed by atoms with E-state index in [1.54, 1.807) is 0 Å². The van der Waals surface area contributed by atoms with Gasteiger partial charge in [-0.1, -0.05) is 41.3 Å². The van der Waals surface area contributed by atoms with Crippen molar-refractivity contribution in [3.8, 4) is 5.69 Å². The van der Waals surface area contributed by atoms with Crippen molar-refractivity contribution < 1.29 is 0 Å². The predicted octanol–water partition coefficient (Wildman–Crippen LogP) is 6.56. The molecule has 0 radical (unpaired) electrons. The average Bonchev–Trinajstić information content (AvgIpc) is 3.31. The first-order valence-corrected chi connectivity index (χ1v) is 12.7. The van der Waals surface area contributed by atoms with Gasteiger partial charge in [0.05, 0.1) is 17.8 Å². The summed E-state index contributed by atoms with van der Waals surface area (Å²) in [6.45, 7) is 4.43. The summed E-state index contributed by atoms with van der Waals surface area (Å²) in [6, 6.07) is 17.7. The minimum Gasteiger partial charge on any atom is -0.352 e. The topological polar surface area (TPSA) is 33.1 Å². The van der Waals surface area contributed by atoms with Gasteiger partial charge in [-0.25, -0.2) is 0 Å². The van der Waals surface area contributed by atoms with Gasteiger partial charge >= 0.3 is 0 Å². The van der Waals surface area contributed by atoms with Gasteiger partial charge in [-0.3, -0.25) is 4.98 Å². The molecule has 3 aromatic rings. The molecule has 0 unspecified atom stereocenters. The van der Waals surface area contributed by atoms with Gasteiger partial charge in [0.1, 0.15) is 0 Å². The predicted molar refractivity (Wildman–Crippen MR) is 137 cm³/mol. The minimum absolute atomic E-state index is 0.0458. The summed E-state index contributed by atoms with van der Waals surface area (Å²) in [5, 5.41) is 4.52. The Morgan fingerprint density at radius 3 is 2.47 bits per heavy atom. The van der Waals surface area contributed by atoms with Gasteiger partial charge in [-0.15, -0.1) is 0 Å². The maximum atomic E-state index is 5.94. The third kappa shape index (κ3) is 3.88. The quantitative estimate of drug-likeness (QED) is 0.404. The zero-order chi connectivity index (χ0) is 22.2. The first-order valence-electron chi connectivity index (χ1n) is 11.5. The van der Waals surface area contributed by atoms with Crippen LogP contribution in [0.4, 0.5) is 0 Å². The Morgan fingerprint density at radius 2 is 1.78 bits per heavy atom. The first-order chi connectivity index (χ1) is 15.5. The lowest BCUT2D eigenvalue weighted by atomic mass is 9.90. The van der Waals surface area contributed by atoms with Crippen LogP contribution < -0.4 is 5.32 Å². The van der Waals surface area contributed by atoms with E-state index < -0.39 is 0 Å². The number of benzene rings is 1. The summed E-state index contributed by atoms with van der Waals surface area (Å²) >= 11 is 9.50. The fourth-order valence-corrected chi connectivity index (χ4v) is 6.18.